The molecule has 6 nitrogen and oxygen atoms in total. The summed E-state index contributed by atoms with van der Waals surface area (Å²) in [6, 6.07) is 9.14. The maximum atomic E-state index is 11.8. The molecule has 0 atom stereocenters. The summed E-state index contributed by atoms with van der Waals surface area (Å²) in [5, 5.41) is 5.15. The molecule has 0 aliphatic rings. The van der Waals surface area contributed by atoms with Crippen molar-refractivity contribution in [3.05, 3.63) is 53.0 Å². The van der Waals surface area contributed by atoms with Gasteiger partial charge in [-0.3, -0.25) is 9.59 Å². The van der Waals surface area contributed by atoms with E-state index >= 15 is 0 Å². The number of aryl methyl sites for hydroxylation is 2. The SMILES string of the molecule is COc1ccccc1CNC(=O)C(=O)NCc1cc(C)oc1C. The van der Waals surface area contributed by atoms with Gasteiger partial charge < -0.3 is 19.8 Å². The molecule has 2 amide bonds. The maximum absolute atomic E-state index is 11.8. The Morgan fingerprint density at radius 2 is 1.65 bits per heavy atom. The number of rotatable bonds is 5. The Morgan fingerprint density at radius 1 is 1.04 bits per heavy atom. The Balaban J connectivity index is 1.85. The second kappa shape index (κ2) is 7.49. The number of benzene rings is 1. The lowest BCUT2D eigenvalue weighted by Gasteiger charge is -2.09. The third kappa shape index (κ3) is 4.35. The molecule has 0 aliphatic heterocycles. The number of furan rings is 1. The van der Waals surface area contributed by atoms with Crippen molar-refractivity contribution < 1.29 is 18.7 Å². The summed E-state index contributed by atoms with van der Waals surface area (Å²) in [6.07, 6.45) is 0. The minimum absolute atomic E-state index is 0.222. The molecule has 1 heterocycles. The van der Waals surface area contributed by atoms with Crippen LogP contribution in [0.4, 0.5) is 0 Å². The van der Waals surface area contributed by atoms with Crippen molar-refractivity contribution in [3.63, 3.8) is 0 Å². The van der Waals surface area contributed by atoms with Gasteiger partial charge in [0.1, 0.15) is 17.3 Å². The van der Waals surface area contributed by atoms with Gasteiger partial charge in [-0.05, 0) is 26.0 Å². The Labute approximate surface area is 134 Å². The summed E-state index contributed by atoms with van der Waals surface area (Å²) in [5.74, 6) is 0.800. The van der Waals surface area contributed by atoms with Crippen LogP contribution in [-0.4, -0.2) is 18.9 Å². The molecule has 1 aromatic carbocycles. The zero-order chi connectivity index (χ0) is 16.8. The van der Waals surface area contributed by atoms with Crippen molar-refractivity contribution in [2.45, 2.75) is 26.9 Å². The summed E-state index contributed by atoms with van der Waals surface area (Å²) in [5.41, 5.74) is 1.66. The van der Waals surface area contributed by atoms with E-state index in [4.69, 9.17) is 9.15 Å². The molecule has 0 bridgehead atoms. The summed E-state index contributed by atoms with van der Waals surface area (Å²) in [7, 11) is 1.56. The Kier molecular flexibility index (Phi) is 5.41. The van der Waals surface area contributed by atoms with E-state index in [-0.39, 0.29) is 13.1 Å². The zero-order valence-electron chi connectivity index (χ0n) is 13.4. The molecule has 2 N–H and O–H groups in total. The van der Waals surface area contributed by atoms with E-state index in [1.165, 1.54) is 0 Å². The van der Waals surface area contributed by atoms with Gasteiger partial charge in [-0.2, -0.15) is 0 Å². The molecule has 0 fully saturated rings. The maximum Gasteiger partial charge on any atom is 0.309 e. The summed E-state index contributed by atoms with van der Waals surface area (Å²) in [4.78, 5) is 23.7. The summed E-state index contributed by atoms with van der Waals surface area (Å²) < 4.78 is 10.6. The van der Waals surface area contributed by atoms with Gasteiger partial charge in [0, 0.05) is 24.2 Å². The lowest BCUT2D eigenvalue weighted by atomic mass is 10.2. The summed E-state index contributed by atoms with van der Waals surface area (Å²) in [6.45, 7) is 4.12. The normalized spacial score (nSPS) is 10.2. The van der Waals surface area contributed by atoms with Crippen molar-refractivity contribution >= 4 is 11.8 Å². The largest absolute Gasteiger partial charge is 0.496 e. The highest BCUT2D eigenvalue weighted by molar-refractivity contribution is 6.35. The average Bonchev–Trinajstić information content (AvgIpc) is 2.88. The number of carbonyl (C=O) groups excluding carboxylic acids is 2. The van der Waals surface area contributed by atoms with Gasteiger partial charge in [-0.15, -0.1) is 0 Å². The Bertz CT molecular complexity index is 706. The first-order valence-corrected chi connectivity index (χ1v) is 7.25. The smallest absolute Gasteiger partial charge is 0.309 e. The van der Waals surface area contributed by atoms with E-state index in [0.717, 1.165) is 22.6 Å². The van der Waals surface area contributed by atoms with Crippen LogP contribution in [0.1, 0.15) is 22.6 Å². The highest BCUT2D eigenvalue weighted by atomic mass is 16.5. The second-order valence-corrected chi connectivity index (χ2v) is 5.12. The number of amides is 2. The van der Waals surface area contributed by atoms with Crippen LogP contribution >= 0.6 is 0 Å². The number of para-hydroxylation sites is 1. The van der Waals surface area contributed by atoms with Crippen molar-refractivity contribution in [2.75, 3.05) is 7.11 Å². The van der Waals surface area contributed by atoms with E-state index < -0.39 is 11.8 Å². The van der Waals surface area contributed by atoms with Crippen molar-refractivity contribution in [1.29, 1.82) is 0 Å². The minimum Gasteiger partial charge on any atom is -0.496 e. The number of hydrogen-bond donors (Lipinski definition) is 2. The van der Waals surface area contributed by atoms with Gasteiger partial charge in [0.05, 0.1) is 7.11 Å². The van der Waals surface area contributed by atoms with Gasteiger partial charge in [0.15, 0.2) is 0 Å². The average molecular weight is 316 g/mol. The molecule has 122 valence electrons. The molecule has 0 saturated carbocycles. The van der Waals surface area contributed by atoms with Crippen LogP contribution in [0.2, 0.25) is 0 Å². The molecular formula is C17H20N2O4. The molecule has 6 heteroatoms. The monoisotopic (exact) mass is 316 g/mol. The van der Waals surface area contributed by atoms with Crippen LogP contribution in [0.5, 0.6) is 5.75 Å². The number of ether oxygens (including phenoxy) is 1. The quantitative estimate of drug-likeness (QED) is 0.825. The number of carbonyl (C=O) groups is 2. The van der Waals surface area contributed by atoms with Crippen LogP contribution < -0.4 is 15.4 Å². The highest BCUT2D eigenvalue weighted by Gasteiger charge is 2.14. The zero-order valence-corrected chi connectivity index (χ0v) is 13.4. The van der Waals surface area contributed by atoms with Crippen LogP contribution in [0.25, 0.3) is 0 Å². The van der Waals surface area contributed by atoms with Crippen LogP contribution in [0, 0.1) is 13.8 Å². The van der Waals surface area contributed by atoms with Crippen LogP contribution in [0.3, 0.4) is 0 Å². The first kappa shape index (κ1) is 16.6. The molecule has 0 aliphatic carbocycles. The molecular weight excluding hydrogens is 296 g/mol. The first-order chi connectivity index (χ1) is 11.0. The highest BCUT2D eigenvalue weighted by Crippen LogP contribution is 2.16. The van der Waals surface area contributed by atoms with E-state index in [1.54, 1.807) is 13.2 Å². The standard InChI is InChI=1S/C17H20N2O4/c1-11-8-14(12(2)23-11)10-19-17(21)16(20)18-9-13-6-4-5-7-15(13)22-3/h4-8H,9-10H2,1-3H3,(H,18,20)(H,19,21). The van der Waals surface area contributed by atoms with Crippen molar-refractivity contribution in [3.8, 4) is 5.75 Å². The topological polar surface area (TPSA) is 80.6 Å². The van der Waals surface area contributed by atoms with E-state index in [1.807, 2.05) is 38.1 Å². The fraction of sp³-hybridized carbons (Fsp3) is 0.294. The van der Waals surface area contributed by atoms with Gasteiger partial charge >= 0.3 is 11.8 Å². The van der Waals surface area contributed by atoms with Crippen LogP contribution in [-0.2, 0) is 22.7 Å². The lowest BCUT2D eigenvalue weighted by molar-refractivity contribution is -0.139. The number of hydrogen-bond acceptors (Lipinski definition) is 4. The predicted molar refractivity (Wildman–Crippen MR) is 84.9 cm³/mol. The second-order valence-electron chi connectivity index (χ2n) is 5.12. The molecule has 0 unspecified atom stereocenters. The molecule has 0 saturated heterocycles. The fourth-order valence-corrected chi connectivity index (χ4v) is 2.22. The molecule has 2 rings (SSSR count). The minimum atomic E-state index is -0.686. The first-order valence-electron chi connectivity index (χ1n) is 7.25. The third-order valence-corrected chi connectivity index (χ3v) is 3.42. The van der Waals surface area contributed by atoms with E-state index in [0.29, 0.717) is 5.75 Å². The van der Waals surface area contributed by atoms with Gasteiger partial charge in [0.25, 0.3) is 0 Å². The molecule has 0 radical (unpaired) electrons. The third-order valence-electron chi connectivity index (χ3n) is 3.42. The van der Waals surface area contributed by atoms with Crippen molar-refractivity contribution in [1.82, 2.24) is 10.6 Å². The van der Waals surface area contributed by atoms with Gasteiger partial charge in [0.2, 0.25) is 0 Å². The Morgan fingerprint density at radius 3 is 2.22 bits per heavy atom. The van der Waals surface area contributed by atoms with Gasteiger partial charge in [-0.1, -0.05) is 18.2 Å². The summed E-state index contributed by atoms with van der Waals surface area (Å²) >= 11 is 0. The molecule has 0 spiro atoms. The molecule has 1 aromatic heterocycles. The lowest BCUT2D eigenvalue weighted by Crippen LogP contribution is -2.39. The number of nitrogens with one attached hydrogen (secondary N) is 2. The van der Waals surface area contributed by atoms with E-state index in [2.05, 4.69) is 10.6 Å². The van der Waals surface area contributed by atoms with E-state index in [9.17, 15) is 9.59 Å². The van der Waals surface area contributed by atoms with Crippen molar-refractivity contribution in [2.24, 2.45) is 0 Å². The van der Waals surface area contributed by atoms with Gasteiger partial charge in [-0.25, -0.2) is 0 Å². The van der Waals surface area contributed by atoms with Crippen LogP contribution in [0.15, 0.2) is 34.7 Å². The predicted octanol–water partition coefficient (Wildman–Crippen LogP) is 1.84. The fourth-order valence-electron chi connectivity index (χ4n) is 2.22. The number of methoxy groups -OCH3 is 1. The molecule has 23 heavy (non-hydrogen) atoms. The molecule has 2 aromatic rings. The Hall–Kier alpha value is -2.76.